The van der Waals surface area contributed by atoms with E-state index in [1.165, 1.54) is 28.2 Å². The molecule has 7 heteroatoms. The molecule has 162 valence electrons. The van der Waals surface area contributed by atoms with Gasteiger partial charge in [0.25, 0.3) is 5.91 Å². The number of nitrogens with zero attached hydrogens (tertiary/aromatic N) is 4. The quantitative estimate of drug-likeness (QED) is 0.285. The average Bonchev–Trinajstić information content (AvgIpc) is 3.57. The Morgan fingerprint density at radius 2 is 1.55 bits per heavy atom. The summed E-state index contributed by atoms with van der Waals surface area (Å²) in [4.78, 5) is 29.0. The minimum Gasteiger partial charge on any atom is -0.282 e. The molecule has 5 aromatic rings. The summed E-state index contributed by atoms with van der Waals surface area (Å²) in [5, 5.41) is 5.19. The molecule has 0 bridgehead atoms. The van der Waals surface area contributed by atoms with Crippen molar-refractivity contribution in [3.8, 4) is 22.0 Å². The third-order valence-electron chi connectivity index (χ3n) is 5.11. The highest BCUT2D eigenvalue weighted by Gasteiger charge is 2.24. The highest BCUT2D eigenvalue weighted by atomic mass is 32.1. The van der Waals surface area contributed by atoms with Gasteiger partial charge in [0.05, 0.1) is 11.4 Å². The summed E-state index contributed by atoms with van der Waals surface area (Å²) in [7, 11) is 0. The van der Waals surface area contributed by atoms with E-state index in [0.717, 1.165) is 28.4 Å². The Labute approximate surface area is 200 Å². The first-order valence-corrected chi connectivity index (χ1v) is 12.3. The Morgan fingerprint density at radius 1 is 0.788 bits per heavy atom. The van der Waals surface area contributed by atoms with Crippen LogP contribution in [0.25, 0.3) is 22.0 Å². The Kier molecular flexibility index (Phi) is 6.32. The van der Waals surface area contributed by atoms with E-state index < -0.39 is 0 Å². The molecule has 0 spiro atoms. The van der Waals surface area contributed by atoms with Crippen LogP contribution in [0.2, 0.25) is 0 Å². The van der Waals surface area contributed by atoms with E-state index in [0.29, 0.717) is 17.4 Å². The van der Waals surface area contributed by atoms with Crippen molar-refractivity contribution in [2.45, 2.75) is 6.42 Å². The maximum Gasteiger partial charge on any atom is 0.279 e. The topological polar surface area (TPSA) is 59.0 Å². The SMILES string of the molecule is O=C(c1csc(-c2ccccn2)n1)N(CCc1ccccc1)c1nc(-c2ccccc2)cs1. The lowest BCUT2D eigenvalue weighted by Gasteiger charge is -2.19. The molecule has 0 aliphatic carbocycles. The van der Waals surface area contributed by atoms with Crippen LogP contribution in [0.15, 0.2) is 95.8 Å². The van der Waals surface area contributed by atoms with Gasteiger partial charge >= 0.3 is 0 Å². The fourth-order valence-electron chi connectivity index (χ4n) is 3.42. The second-order valence-electron chi connectivity index (χ2n) is 7.33. The molecular weight excluding hydrogens is 448 g/mol. The van der Waals surface area contributed by atoms with Gasteiger partial charge in [-0.05, 0) is 24.1 Å². The predicted octanol–water partition coefficient (Wildman–Crippen LogP) is 6.22. The van der Waals surface area contributed by atoms with E-state index in [1.807, 2.05) is 72.1 Å². The summed E-state index contributed by atoms with van der Waals surface area (Å²) >= 11 is 2.89. The number of hydrogen-bond acceptors (Lipinski definition) is 6. The fourth-order valence-corrected chi connectivity index (χ4v) is 5.04. The summed E-state index contributed by atoms with van der Waals surface area (Å²) < 4.78 is 0. The van der Waals surface area contributed by atoms with Crippen molar-refractivity contribution in [1.29, 1.82) is 0 Å². The lowest BCUT2D eigenvalue weighted by molar-refractivity contribution is 0.0983. The molecule has 3 heterocycles. The van der Waals surface area contributed by atoms with Gasteiger partial charge in [0, 0.05) is 29.1 Å². The standard InChI is InChI=1S/C26H20N4OS2/c31-25(23-18-32-24(28-23)21-13-7-8-15-27-21)30(16-14-19-9-3-1-4-10-19)26-29-22(17-33-26)20-11-5-2-6-12-20/h1-13,15,17-18H,14,16H2. The minimum atomic E-state index is -0.154. The van der Waals surface area contributed by atoms with Crippen LogP contribution >= 0.6 is 22.7 Å². The molecule has 1 amide bonds. The average molecular weight is 469 g/mol. The van der Waals surface area contributed by atoms with Gasteiger partial charge in [-0.25, -0.2) is 9.97 Å². The van der Waals surface area contributed by atoms with Crippen LogP contribution in [0, 0.1) is 0 Å². The third-order valence-corrected chi connectivity index (χ3v) is 6.84. The van der Waals surface area contributed by atoms with E-state index in [2.05, 4.69) is 22.1 Å². The number of rotatable bonds is 7. The molecule has 33 heavy (non-hydrogen) atoms. The summed E-state index contributed by atoms with van der Waals surface area (Å²) in [5.41, 5.74) is 4.23. The number of pyridine rings is 1. The number of anilines is 1. The third kappa shape index (κ3) is 4.89. The van der Waals surface area contributed by atoms with Crippen LogP contribution in [-0.4, -0.2) is 27.4 Å². The molecule has 2 aromatic carbocycles. The van der Waals surface area contributed by atoms with Crippen molar-refractivity contribution in [3.05, 3.63) is 107 Å². The Morgan fingerprint density at radius 3 is 2.30 bits per heavy atom. The zero-order valence-electron chi connectivity index (χ0n) is 17.7. The van der Waals surface area contributed by atoms with Gasteiger partial charge in [-0.3, -0.25) is 14.7 Å². The first-order valence-electron chi connectivity index (χ1n) is 10.5. The highest BCUT2D eigenvalue weighted by Crippen LogP contribution is 2.29. The van der Waals surface area contributed by atoms with E-state index in [9.17, 15) is 4.79 Å². The number of carbonyl (C=O) groups is 1. The second kappa shape index (κ2) is 9.85. The van der Waals surface area contributed by atoms with Crippen molar-refractivity contribution in [3.63, 3.8) is 0 Å². The van der Waals surface area contributed by atoms with Crippen LogP contribution in [-0.2, 0) is 6.42 Å². The molecule has 0 saturated heterocycles. The molecule has 0 radical (unpaired) electrons. The number of amides is 1. The summed E-state index contributed by atoms with van der Waals surface area (Å²) in [6, 6.07) is 25.8. The largest absolute Gasteiger partial charge is 0.282 e. The molecule has 0 aliphatic heterocycles. The molecular formula is C26H20N4OS2. The Hall–Kier alpha value is -3.68. The highest BCUT2D eigenvalue weighted by molar-refractivity contribution is 7.14. The first-order chi connectivity index (χ1) is 16.3. The zero-order valence-corrected chi connectivity index (χ0v) is 19.3. The molecule has 0 unspecified atom stereocenters. The number of carbonyl (C=O) groups excluding carboxylic acids is 1. The van der Waals surface area contributed by atoms with E-state index in [-0.39, 0.29) is 5.91 Å². The summed E-state index contributed by atoms with van der Waals surface area (Å²) in [6.07, 6.45) is 2.45. The lowest BCUT2D eigenvalue weighted by atomic mass is 10.1. The molecule has 3 aromatic heterocycles. The van der Waals surface area contributed by atoms with Crippen LogP contribution in [0.5, 0.6) is 0 Å². The van der Waals surface area contributed by atoms with E-state index >= 15 is 0 Å². The van der Waals surface area contributed by atoms with Crippen LogP contribution < -0.4 is 4.90 Å². The van der Waals surface area contributed by atoms with Crippen molar-refractivity contribution in [2.75, 3.05) is 11.4 Å². The maximum absolute atomic E-state index is 13.6. The molecule has 0 atom stereocenters. The van der Waals surface area contributed by atoms with Gasteiger partial charge in [-0.1, -0.05) is 66.7 Å². The summed E-state index contributed by atoms with van der Waals surface area (Å²) in [6.45, 7) is 0.515. The molecule has 0 N–H and O–H groups in total. The molecule has 5 rings (SSSR count). The van der Waals surface area contributed by atoms with Crippen molar-refractivity contribution >= 4 is 33.7 Å². The zero-order chi connectivity index (χ0) is 22.5. The molecule has 5 nitrogen and oxygen atoms in total. The van der Waals surface area contributed by atoms with Gasteiger partial charge in [-0.15, -0.1) is 22.7 Å². The number of thiazole rings is 2. The molecule has 0 aliphatic rings. The predicted molar refractivity (Wildman–Crippen MR) is 135 cm³/mol. The number of hydrogen-bond donors (Lipinski definition) is 0. The van der Waals surface area contributed by atoms with Crippen LogP contribution in [0.3, 0.4) is 0 Å². The molecule has 0 saturated carbocycles. The van der Waals surface area contributed by atoms with Gasteiger partial charge < -0.3 is 0 Å². The van der Waals surface area contributed by atoms with E-state index in [4.69, 9.17) is 4.98 Å². The van der Waals surface area contributed by atoms with Gasteiger partial charge in [-0.2, -0.15) is 0 Å². The Balaban J connectivity index is 1.44. The van der Waals surface area contributed by atoms with Crippen LogP contribution in [0.1, 0.15) is 16.1 Å². The molecule has 0 fully saturated rings. The maximum atomic E-state index is 13.6. The Bertz CT molecular complexity index is 1330. The number of aromatic nitrogens is 3. The van der Waals surface area contributed by atoms with Crippen molar-refractivity contribution < 1.29 is 4.79 Å². The van der Waals surface area contributed by atoms with Crippen LogP contribution in [0.4, 0.5) is 5.13 Å². The van der Waals surface area contributed by atoms with Crippen molar-refractivity contribution in [1.82, 2.24) is 15.0 Å². The second-order valence-corrected chi connectivity index (χ2v) is 9.02. The minimum absolute atomic E-state index is 0.154. The number of benzene rings is 2. The normalized spacial score (nSPS) is 10.8. The van der Waals surface area contributed by atoms with Gasteiger partial charge in [0.15, 0.2) is 5.13 Å². The monoisotopic (exact) mass is 468 g/mol. The fraction of sp³-hybridized carbons (Fsp3) is 0.0769. The lowest BCUT2D eigenvalue weighted by Crippen LogP contribution is -2.33. The van der Waals surface area contributed by atoms with Gasteiger partial charge in [0.1, 0.15) is 10.7 Å². The smallest absolute Gasteiger partial charge is 0.279 e. The van der Waals surface area contributed by atoms with E-state index in [1.54, 1.807) is 16.5 Å². The van der Waals surface area contributed by atoms with Gasteiger partial charge in [0.2, 0.25) is 0 Å². The summed E-state index contributed by atoms with van der Waals surface area (Å²) in [5.74, 6) is -0.154. The first kappa shape index (κ1) is 21.2. The van der Waals surface area contributed by atoms with Crippen molar-refractivity contribution in [2.24, 2.45) is 0 Å².